The summed E-state index contributed by atoms with van der Waals surface area (Å²) in [5, 5.41) is 0. The minimum Gasteiger partial charge on any atom is -0.458 e. The van der Waals surface area contributed by atoms with Crippen molar-refractivity contribution in [1.29, 1.82) is 0 Å². The van der Waals surface area contributed by atoms with Crippen molar-refractivity contribution in [1.82, 2.24) is 0 Å². The van der Waals surface area contributed by atoms with Crippen LogP contribution >= 0.6 is 0 Å². The molecule has 9 aliphatic rings. The van der Waals surface area contributed by atoms with Gasteiger partial charge in [-0.1, -0.05) is 210 Å². The first-order chi connectivity index (χ1) is 59.7. The maximum absolute atomic E-state index is 13.0. The van der Waals surface area contributed by atoms with E-state index in [0.29, 0.717) is 43.0 Å². The van der Waals surface area contributed by atoms with Crippen molar-refractivity contribution >= 4 is 54.8 Å². The average molecular weight is 1730 g/mol. The fourth-order valence-corrected chi connectivity index (χ4v) is 15.8. The summed E-state index contributed by atoms with van der Waals surface area (Å²) in [4.78, 5) is 136. The SMILES string of the molecule is C/C=C1\CC2CC(=O)OC(/C=C/C=C\C=C(/C)CC)C(C)/C=C/CCC3CCCC(CC(C1)O2)O3.C/C=C1\CC2CC(=O)OC(/C=C/C=C\C=C(/C)CC)[C@@H](C)/C=C/[C@H](C)C[C@H]3CCCC(C[C@@H](C1)O2)O3.CC=C1CC2CC(=O)OC(/C=C/C=C\C=C(/C)CC)C/C=C/C(C)CC3CCCC(CC(C1)O2)O3.O=C=O.O=C=O.O=C=O.O=C=O.O=C=O.O=C=O. The Bertz CT molecular complexity index is 3680. The van der Waals surface area contributed by atoms with Gasteiger partial charge in [0.2, 0.25) is 0 Å². The van der Waals surface area contributed by atoms with E-state index in [4.69, 9.17) is 100 Å². The molecule has 15 unspecified atom stereocenters. The van der Waals surface area contributed by atoms with Crippen LogP contribution in [0.3, 0.4) is 0 Å². The summed E-state index contributed by atoms with van der Waals surface area (Å²) < 4.78 is 56.7. The third-order valence-corrected chi connectivity index (χ3v) is 22.6. The first-order valence-electron chi connectivity index (χ1n) is 44.2. The number of fused-ring (bicyclic) bond motifs is 12. The van der Waals surface area contributed by atoms with Crippen LogP contribution in [-0.4, -0.2) is 146 Å². The standard InChI is InChI=1S/C32H48O4.2C31H46O4.6CO2/c1-6-23(3)12-9-8-10-15-31-25(5)17-16-24(4)18-27-13-11-14-28(34-27)21-29-19-26(7-2)20-30(35-29)22-32(33)36-31;1-5-23(3)12-8-7-9-14-26-15-10-13-24(4)18-27-16-11-17-28(33-27)21-29-19-25(6-2)20-30(34-29)22-31(32)35-26;1-5-23(3)13-8-7-9-18-30-24(4)14-10-11-15-26-16-12-17-27(33-26)21-28-19-25(6-2)20-29(34-28)22-31(32)35-30;6*2-1-3/h7-10,12,15-17,24-25,27-31H,6,11,13-14,18-22H2,1-5H3;6-10,12-14,24,26-30H,5,11,15-22H2,1-4H3;6-10,13-14,18,24,26-30H,5,11-12,15-17,19-22H2,1-4H3;;;;;;/b9-8-,15-10+,17-16+,23-12+,26-7-;8-7-,13-10+,14-9+,23-12+,25-6?;8-7-,14-10+,18-9+,23-13+,25-6-;;;;;;/t24-,25-,27+,28?,29+,30?,31?;;;;;;;;/m0......../s1. The second-order valence-corrected chi connectivity index (χ2v) is 32.5. The third kappa shape index (κ3) is 53.0. The highest BCUT2D eigenvalue weighted by Gasteiger charge is 2.37. The molecule has 24 nitrogen and oxygen atoms in total. The van der Waals surface area contributed by atoms with Crippen molar-refractivity contribution in [2.45, 2.75) is 368 Å². The van der Waals surface area contributed by atoms with Crippen LogP contribution in [0.5, 0.6) is 0 Å². The van der Waals surface area contributed by atoms with Crippen LogP contribution in [0.2, 0.25) is 0 Å². The number of esters is 3. The predicted molar refractivity (Wildman–Crippen MR) is 464 cm³/mol. The van der Waals surface area contributed by atoms with Gasteiger partial charge in [-0.3, -0.25) is 14.4 Å². The highest BCUT2D eigenvalue weighted by molar-refractivity contribution is 5.71. The molecule has 6 fully saturated rings. The maximum atomic E-state index is 13.0. The van der Waals surface area contributed by atoms with Gasteiger partial charge in [-0.2, -0.15) is 57.5 Å². The first-order valence-corrected chi connectivity index (χ1v) is 44.2. The molecule has 0 aromatic heterocycles. The van der Waals surface area contributed by atoms with E-state index in [-0.39, 0.29) is 153 Å². The van der Waals surface area contributed by atoms with E-state index in [1.54, 1.807) is 0 Å². The quantitative estimate of drug-likeness (QED) is 0.0758. The maximum Gasteiger partial charge on any atom is 0.373 e. The number of ether oxygens (including phenoxy) is 9. The second kappa shape index (κ2) is 70.8. The Morgan fingerprint density at radius 3 is 0.984 bits per heavy atom. The molecular formula is C100H140O24. The molecule has 0 aromatic rings. The molecule has 0 saturated carbocycles. The van der Waals surface area contributed by atoms with Crippen molar-refractivity contribution in [2.24, 2.45) is 23.7 Å². The molecule has 12 bridgehead atoms. The minimum absolute atomic E-state index is 0.0769. The Balaban J connectivity index is 0.000000845. The first kappa shape index (κ1) is 113. The van der Waals surface area contributed by atoms with E-state index in [1.807, 2.05) is 72.9 Å². The van der Waals surface area contributed by atoms with Crippen molar-refractivity contribution in [3.8, 4) is 0 Å². The Kier molecular flexibility index (Phi) is 64.3. The Hall–Kier alpha value is -9.45. The summed E-state index contributed by atoms with van der Waals surface area (Å²) in [6, 6.07) is 0. The van der Waals surface area contributed by atoms with Gasteiger partial charge in [0.25, 0.3) is 0 Å². The Morgan fingerprint density at radius 1 is 0.331 bits per heavy atom. The van der Waals surface area contributed by atoms with Gasteiger partial charge in [-0.15, -0.1) is 0 Å². The van der Waals surface area contributed by atoms with E-state index in [0.717, 1.165) is 141 Å². The molecule has 9 rings (SSSR count). The molecule has 0 amide bonds. The van der Waals surface area contributed by atoms with Crippen LogP contribution < -0.4 is 0 Å². The van der Waals surface area contributed by atoms with Crippen LogP contribution in [-0.2, 0) is 115 Å². The molecule has 0 radical (unpaired) electrons. The molecular weight excluding hydrogens is 1590 g/mol. The van der Waals surface area contributed by atoms with Crippen LogP contribution in [0.4, 0.5) is 0 Å². The smallest absolute Gasteiger partial charge is 0.373 e. The van der Waals surface area contributed by atoms with Crippen LogP contribution in [0.25, 0.3) is 0 Å². The molecule has 9 heterocycles. The number of cyclic esters (lactones) is 3. The Labute approximate surface area is 736 Å². The molecule has 0 spiro atoms. The Morgan fingerprint density at radius 2 is 0.629 bits per heavy atom. The summed E-state index contributed by atoms with van der Waals surface area (Å²) >= 11 is 0. The van der Waals surface area contributed by atoms with Crippen LogP contribution in [0.15, 0.2) is 179 Å². The van der Waals surface area contributed by atoms with Gasteiger partial charge < -0.3 is 42.6 Å². The summed E-state index contributed by atoms with van der Waals surface area (Å²) in [5.74, 6) is 0.451. The largest absolute Gasteiger partial charge is 0.458 e. The van der Waals surface area contributed by atoms with Gasteiger partial charge in [-0.25, -0.2) is 0 Å². The number of hydrogen-bond donors (Lipinski definition) is 0. The predicted octanol–water partition coefficient (Wildman–Crippen LogP) is 19.4. The fourth-order valence-electron chi connectivity index (χ4n) is 15.8. The molecule has 124 heavy (non-hydrogen) atoms. The van der Waals surface area contributed by atoms with E-state index in [9.17, 15) is 14.4 Å². The van der Waals surface area contributed by atoms with Crippen molar-refractivity contribution in [3.05, 3.63) is 179 Å². The van der Waals surface area contributed by atoms with E-state index in [2.05, 4.69) is 163 Å². The molecule has 0 aliphatic carbocycles. The zero-order valence-electron chi connectivity index (χ0n) is 75.6. The summed E-state index contributed by atoms with van der Waals surface area (Å²) in [7, 11) is 0. The highest BCUT2D eigenvalue weighted by Crippen LogP contribution is 2.38. The zero-order valence-corrected chi connectivity index (χ0v) is 75.6. The van der Waals surface area contributed by atoms with Gasteiger partial charge in [-0.05, 0) is 213 Å². The van der Waals surface area contributed by atoms with Gasteiger partial charge in [0.05, 0.1) is 92.5 Å². The van der Waals surface area contributed by atoms with E-state index >= 15 is 0 Å². The lowest BCUT2D eigenvalue weighted by Gasteiger charge is -2.37. The number of allylic oxidation sites excluding steroid dienone is 21. The number of carbonyl (C=O) groups is 3. The van der Waals surface area contributed by atoms with Crippen molar-refractivity contribution < 1.29 is 115 Å². The summed E-state index contributed by atoms with van der Waals surface area (Å²) in [6.45, 7) is 27.8. The lowest BCUT2D eigenvalue weighted by molar-refractivity contribution is -0.193. The average Bonchev–Trinajstić information content (AvgIpc) is 0.846. The monoisotopic (exact) mass is 1720 g/mol. The molecule has 0 N–H and O–H groups in total. The molecule has 24 heteroatoms. The fraction of sp³-hybridized carbons (Fsp3) is 0.610. The molecule has 6 saturated heterocycles. The van der Waals surface area contributed by atoms with E-state index < -0.39 is 0 Å². The van der Waals surface area contributed by atoms with Gasteiger partial charge in [0.1, 0.15) is 18.3 Å². The lowest BCUT2D eigenvalue weighted by Crippen LogP contribution is -2.37. The number of hydrogen-bond acceptors (Lipinski definition) is 24. The normalized spacial score (nSPS) is 31.5. The molecule has 0 aromatic carbocycles. The molecule has 684 valence electrons. The van der Waals surface area contributed by atoms with Crippen molar-refractivity contribution in [2.75, 3.05) is 0 Å². The van der Waals surface area contributed by atoms with E-state index in [1.165, 1.54) is 52.7 Å². The zero-order chi connectivity index (χ0) is 92.2. The molecule has 19 atom stereocenters. The minimum atomic E-state index is -0.314. The van der Waals surface area contributed by atoms with Gasteiger partial charge >= 0.3 is 54.8 Å². The third-order valence-electron chi connectivity index (χ3n) is 22.6. The second-order valence-electron chi connectivity index (χ2n) is 32.5. The molecule has 9 aliphatic heterocycles. The van der Waals surface area contributed by atoms with Crippen LogP contribution in [0.1, 0.15) is 276 Å². The summed E-state index contributed by atoms with van der Waals surface area (Å²) in [6.07, 6.45) is 79.7. The number of carbonyl (C=O) groups excluding carboxylic acids is 15. The van der Waals surface area contributed by atoms with Crippen LogP contribution in [0, 0.1) is 23.7 Å². The highest BCUT2D eigenvalue weighted by atomic mass is 16.6. The number of rotatable bonds is 12. The van der Waals surface area contributed by atoms with Gasteiger partial charge in [0, 0.05) is 37.5 Å². The lowest BCUT2D eigenvalue weighted by atomic mass is 9.90. The van der Waals surface area contributed by atoms with Gasteiger partial charge in [0.15, 0.2) is 0 Å². The summed E-state index contributed by atoms with van der Waals surface area (Å²) in [5.41, 5.74) is 8.13. The topological polar surface area (TPSA) is 339 Å². The van der Waals surface area contributed by atoms with Crippen molar-refractivity contribution in [3.63, 3.8) is 0 Å².